The minimum absolute atomic E-state index is 0.00691. The van der Waals surface area contributed by atoms with Crippen molar-refractivity contribution in [3.8, 4) is 0 Å². The molecule has 0 aromatic heterocycles. The van der Waals surface area contributed by atoms with E-state index in [1.807, 2.05) is 58.0 Å². The number of likely N-dealkylation sites (tertiary alicyclic amines) is 1. The first-order chi connectivity index (χ1) is 51.9. The van der Waals surface area contributed by atoms with Crippen LogP contribution in [-0.2, 0) is 87.3 Å². The van der Waals surface area contributed by atoms with Crippen LogP contribution in [-0.4, -0.2) is 238 Å². The van der Waals surface area contributed by atoms with Crippen LogP contribution in [0.15, 0.2) is 121 Å². The minimum atomic E-state index is -1.66. The Morgan fingerprint density at radius 1 is 0.436 bits per heavy atom. The molecule has 4 aromatic carbocycles. The minimum Gasteiger partial charge on any atom is -0.391 e. The van der Waals surface area contributed by atoms with E-state index in [-0.39, 0.29) is 55.6 Å². The van der Waals surface area contributed by atoms with Crippen LogP contribution in [0, 0.1) is 23.7 Å². The predicted octanol–water partition coefficient (Wildman–Crippen LogP) is 4.40. The molecular formula is C82H119N13O14S. The number of thioether (sulfide) groups is 1. The Morgan fingerprint density at radius 2 is 0.873 bits per heavy atom. The van der Waals surface area contributed by atoms with Crippen molar-refractivity contribution in [1.29, 1.82) is 0 Å². The zero-order valence-electron chi connectivity index (χ0n) is 66.9. The molecule has 27 nitrogen and oxygen atoms in total. The van der Waals surface area contributed by atoms with Gasteiger partial charge in [-0.1, -0.05) is 188 Å². The zero-order chi connectivity index (χ0) is 81.8. The number of rotatable bonds is 40. The van der Waals surface area contributed by atoms with E-state index in [0.717, 1.165) is 41.5 Å². The number of aliphatic hydroxyl groups is 1. The van der Waals surface area contributed by atoms with Crippen LogP contribution < -0.4 is 37.6 Å². The van der Waals surface area contributed by atoms with Crippen molar-refractivity contribution in [3.63, 3.8) is 0 Å². The van der Waals surface area contributed by atoms with Gasteiger partial charge in [-0.2, -0.15) is 0 Å². The number of nitrogens with two attached hydrogens (primary N) is 1. The molecule has 5 rings (SSSR count). The van der Waals surface area contributed by atoms with Gasteiger partial charge in [-0.15, -0.1) is 0 Å². The van der Waals surface area contributed by atoms with Gasteiger partial charge in [0.1, 0.15) is 60.4 Å². The average Bonchev–Trinajstić information content (AvgIpc) is 0.824. The van der Waals surface area contributed by atoms with Gasteiger partial charge in [0.2, 0.25) is 70.9 Å². The monoisotopic (exact) mass is 1540 g/mol. The summed E-state index contributed by atoms with van der Waals surface area (Å²) in [5, 5.41) is 27.2. The lowest BCUT2D eigenvalue weighted by molar-refractivity contribution is -0.150. The Labute approximate surface area is 653 Å². The molecule has 12 amide bonds. The van der Waals surface area contributed by atoms with E-state index in [0.29, 0.717) is 29.8 Å². The van der Waals surface area contributed by atoms with E-state index in [2.05, 4.69) is 31.9 Å². The molecule has 0 bridgehead atoms. The topological polar surface area (TPSA) is 360 Å². The summed E-state index contributed by atoms with van der Waals surface area (Å²) >= 11 is 0.935. The van der Waals surface area contributed by atoms with Gasteiger partial charge in [0.05, 0.1) is 18.7 Å². The zero-order valence-corrected chi connectivity index (χ0v) is 67.7. The van der Waals surface area contributed by atoms with Gasteiger partial charge in [0, 0.05) is 79.8 Å². The molecule has 110 heavy (non-hydrogen) atoms. The second kappa shape index (κ2) is 44.3. The number of hydrogen-bond acceptors (Lipinski definition) is 16. The van der Waals surface area contributed by atoms with Gasteiger partial charge in [0.15, 0.2) is 5.12 Å². The Balaban J connectivity index is 1.42. The number of amides is 12. The van der Waals surface area contributed by atoms with Gasteiger partial charge in [-0.05, 0) is 98.8 Å². The summed E-state index contributed by atoms with van der Waals surface area (Å²) in [7, 11) is 6.91. The fourth-order valence-electron chi connectivity index (χ4n) is 13.2. The van der Waals surface area contributed by atoms with Crippen LogP contribution in [0.4, 0.5) is 0 Å². The van der Waals surface area contributed by atoms with Crippen molar-refractivity contribution in [3.05, 3.63) is 144 Å². The number of benzene rings is 4. The van der Waals surface area contributed by atoms with Crippen LogP contribution in [0.25, 0.3) is 0 Å². The highest BCUT2D eigenvalue weighted by molar-refractivity contribution is 8.12. The first-order valence-corrected chi connectivity index (χ1v) is 39.1. The molecule has 1 heterocycles. The predicted molar refractivity (Wildman–Crippen MR) is 423 cm³/mol. The molecule has 0 spiro atoms. The van der Waals surface area contributed by atoms with Crippen LogP contribution in [0.1, 0.15) is 137 Å². The highest BCUT2D eigenvalue weighted by atomic mass is 32.2. The largest absolute Gasteiger partial charge is 0.391 e. The van der Waals surface area contributed by atoms with Crippen LogP contribution in [0.3, 0.4) is 0 Å². The van der Waals surface area contributed by atoms with Gasteiger partial charge in [-0.3, -0.25) is 62.3 Å². The summed E-state index contributed by atoms with van der Waals surface area (Å²) in [6, 6.07) is 21.5. The summed E-state index contributed by atoms with van der Waals surface area (Å²) in [6.07, 6.45) is 0.498. The third kappa shape index (κ3) is 27.5. The number of nitrogens with one attached hydrogen (secondary N) is 6. The molecule has 1 fully saturated rings. The van der Waals surface area contributed by atoms with Crippen LogP contribution in [0.2, 0.25) is 0 Å². The summed E-state index contributed by atoms with van der Waals surface area (Å²) in [6.45, 7) is 18.9. The molecule has 1 aliphatic heterocycles. The quantitative estimate of drug-likeness (QED) is 0.0306. The van der Waals surface area contributed by atoms with Gasteiger partial charge in [0.25, 0.3) is 0 Å². The Kier molecular flexibility index (Phi) is 36.7. The molecule has 28 heteroatoms. The summed E-state index contributed by atoms with van der Waals surface area (Å²) < 4.78 is 0. The molecule has 0 aliphatic carbocycles. The maximum atomic E-state index is 15.3. The third-order valence-electron chi connectivity index (χ3n) is 19.7. The lowest BCUT2D eigenvalue weighted by Crippen LogP contribution is -2.62. The number of piperidine rings is 1. The van der Waals surface area contributed by atoms with Gasteiger partial charge in [-0.25, -0.2) is 0 Å². The molecule has 0 radical (unpaired) electrons. The van der Waals surface area contributed by atoms with Crippen LogP contribution in [0.5, 0.6) is 0 Å². The number of aliphatic hydroxyl groups excluding tert-OH is 1. The lowest BCUT2D eigenvalue weighted by Gasteiger charge is -2.37. The lowest BCUT2D eigenvalue weighted by atomic mass is 9.96. The molecule has 12 atom stereocenters. The molecule has 602 valence electrons. The average molecular weight is 1540 g/mol. The van der Waals surface area contributed by atoms with Crippen molar-refractivity contribution in [2.24, 2.45) is 29.4 Å². The number of likely N-dealkylation sites (N-methyl/N-ethyl adjacent to an activating group) is 5. The van der Waals surface area contributed by atoms with E-state index in [4.69, 9.17) is 5.73 Å². The van der Waals surface area contributed by atoms with Crippen molar-refractivity contribution in [2.75, 3.05) is 54.9 Å². The highest BCUT2D eigenvalue weighted by Gasteiger charge is 2.43. The van der Waals surface area contributed by atoms with Crippen molar-refractivity contribution in [1.82, 2.24) is 61.3 Å². The Hall–Kier alpha value is -9.54. The maximum Gasteiger partial charge on any atom is 0.248 e. The second-order valence-corrected chi connectivity index (χ2v) is 31.5. The normalized spacial score (nSPS) is 15.5. The maximum absolute atomic E-state index is 15.3. The molecule has 4 aromatic rings. The number of carbonyl (C=O) groups is 13. The summed E-state index contributed by atoms with van der Waals surface area (Å²) in [5.41, 5.74) is 8.52. The van der Waals surface area contributed by atoms with E-state index in [1.165, 1.54) is 68.7 Å². The smallest absolute Gasteiger partial charge is 0.248 e. The summed E-state index contributed by atoms with van der Waals surface area (Å²) in [4.78, 5) is 196. The van der Waals surface area contributed by atoms with E-state index in [1.54, 1.807) is 131 Å². The Bertz CT molecular complexity index is 3720. The van der Waals surface area contributed by atoms with Crippen LogP contribution >= 0.6 is 11.8 Å². The van der Waals surface area contributed by atoms with Crippen molar-refractivity contribution < 1.29 is 67.4 Å². The van der Waals surface area contributed by atoms with E-state index >= 15 is 19.2 Å². The van der Waals surface area contributed by atoms with Crippen molar-refractivity contribution >= 4 is 87.8 Å². The fraction of sp³-hybridized carbons (Fsp3) is 0.549. The SMILES string of the molecule is CC(C)C[C@@H](C(=O)N(C)[C@H](C(=O)N[C@@H](Cc1ccccc1)C(=O)N[C@@H](CC(=O)SCc1ccccc1)C(=O)N(C)[C@@H](Cc1ccccc1)C(=O)N[C@@H](C)C(=O)N1CCCCC1)C(C)C)N(C)C(=O)CNC(=O)[C@H](Cc1ccccc1)N(C)C(=O)[C@@H](NC(=O)[C@H](CC(C)C)N(C)C(=O)[C@@H](NC(=O)[C@H](C)N)C(C)C)[C@@H](C)O. The van der Waals surface area contributed by atoms with Gasteiger partial charge < -0.3 is 72.1 Å². The number of nitrogens with zero attached hydrogens (tertiary/aromatic N) is 6. The number of hydrogen-bond donors (Lipinski definition) is 8. The molecule has 0 saturated carbocycles. The fourth-order valence-corrected chi connectivity index (χ4v) is 14.0. The molecule has 0 unspecified atom stereocenters. The first kappa shape index (κ1) is 91.1. The third-order valence-corrected chi connectivity index (χ3v) is 20.7. The molecule has 1 saturated heterocycles. The molecule has 9 N–H and O–H groups in total. The summed E-state index contributed by atoms with van der Waals surface area (Å²) in [5.74, 6) is -9.65. The molecular weight excluding hydrogens is 1420 g/mol. The number of carbonyl (C=O) groups excluding carboxylic acids is 13. The second-order valence-electron chi connectivity index (χ2n) is 30.4. The van der Waals surface area contributed by atoms with E-state index < -0.39 is 167 Å². The van der Waals surface area contributed by atoms with Gasteiger partial charge >= 0.3 is 0 Å². The first-order valence-electron chi connectivity index (χ1n) is 38.1. The molecule has 1 aliphatic rings. The van der Waals surface area contributed by atoms with Crippen molar-refractivity contribution in [2.45, 2.75) is 212 Å². The standard InChI is InChI=1S/C82H119N13O14S/c1-50(2)42-63(92(14)81(108)69(52(5)6)88-72(99)54(9)83)76(103)89-70(56(11)96)82(109)93(15)64(45-58-34-24-18-25-35-58)74(101)84-48-67(97)90(12)66(43-51(3)4)80(107)94(16)71(53(7)8)77(104)86-61(44-57-32-22-17-23-33-57)73(100)87-62(47-68(98)110-49-60-38-28-20-29-39-60)79(106)91(13)65(46-59-36-26-19-27-37-59)75(102)85-55(10)78(105)95-40-30-21-31-41-95/h17-20,22-29,32-39,50-56,61-66,69-71,96H,21,30-31,40-49,83H2,1-16H3,(H,84,101)(H,85,102)(H,86,104)(H,87,100)(H,88,99)(H,89,103)/t54-,55-,56+,61-,62-,63-,64-,65-,66-,69-,70-,71-/m0/s1. The van der Waals surface area contributed by atoms with E-state index in [9.17, 15) is 48.3 Å². The Morgan fingerprint density at radius 3 is 1.35 bits per heavy atom. The highest BCUT2D eigenvalue weighted by Crippen LogP contribution is 2.24.